The fraction of sp³-hybridized carbons (Fsp3) is 0.263. The molecule has 0 saturated carbocycles. The van der Waals surface area contributed by atoms with Crippen LogP contribution in [-0.4, -0.2) is 17.5 Å². The first kappa shape index (κ1) is 16.7. The van der Waals surface area contributed by atoms with E-state index in [1.54, 1.807) is 30.5 Å². The van der Waals surface area contributed by atoms with Gasteiger partial charge >= 0.3 is 0 Å². The van der Waals surface area contributed by atoms with E-state index in [1.807, 2.05) is 32.9 Å². The van der Waals surface area contributed by atoms with Gasteiger partial charge in [0.05, 0.1) is 11.7 Å². The molecule has 1 amide bonds. The first-order valence-corrected chi connectivity index (χ1v) is 7.56. The summed E-state index contributed by atoms with van der Waals surface area (Å²) in [6.45, 7) is 10.1. The summed E-state index contributed by atoms with van der Waals surface area (Å²) in [7, 11) is 0. The van der Waals surface area contributed by atoms with Gasteiger partial charge in [0.2, 0.25) is 0 Å². The lowest BCUT2D eigenvalue weighted by atomic mass is 10.1. The van der Waals surface area contributed by atoms with Crippen molar-refractivity contribution in [3.63, 3.8) is 0 Å². The Morgan fingerprint density at radius 2 is 1.96 bits per heavy atom. The highest BCUT2D eigenvalue weighted by atomic mass is 16.5. The number of benzene rings is 1. The average molecular weight is 310 g/mol. The molecule has 1 N–H and O–H groups in total. The Labute approximate surface area is 137 Å². The number of carbonyl (C=O) groups excluding carboxylic acids is 1. The van der Waals surface area contributed by atoms with Crippen LogP contribution in [0, 0.1) is 6.92 Å². The highest BCUT2D eigenvalue weighted by Gasteiger charge is 2.12. The van der Waals surface area contributed by atoms with E-state index in [-0.39, 0.29) is 11.9 Å². The minimum atomic E-state index is -0.151. The molecule has 1 atom stereocenters. The number of amides is 1. The average Bonchev–Trinajstić information content (AvgIpc) is 2.54. The number of hydrogen-bond acceptors (Lipinski definition) is 3. The number of rotatable bonds is 6. The fourth-order valence-electron chi connectivity index (χ4n) is 2.00. The predicted octanol–water partition coefficient (Wildman–Crippen LogP) is 3.84. The Hall–Kier alpha value is -2.62. The van der Waals surface area contributed by atoms with Crippen molar-refractivity contribution in [1.29, 1.82) is 0 Å². The molecule has 1 aromatic heterocycles. The molecular formula is C19H22N2O2. The molecule has 2 rings (SSSR count). The third-order valence-electron chi connectivity index (χ3n) is 3.33. The zero-order chi connectivity index (χ0) is 16.8. The van der Waals surface area contributed by atoms with Crippen LogP contribution in [0.25, 0.3) is 0 Å². The Morgan fingerprint density at radius 1 is 1.26 bits per heavy atom. The molecule has 0 spiro atoms. The SMILES string of the molecule is C=C(C)COc1ccc(C(=O)NC(C)c2ccc(C)cn2)cc1. The van der Waals surface area contributed by atoms with Crippen LogP contribution in [-0.2, 0) is 0 Å². The van der Waals surface area contributed by atoms with Crippen LogP contribution < -0.4 is 10.1 Å². The van der Waals surface area contributed by atoms with Crippen molar-refractivity contribution in [2.75, 3.05) is 6.61 Å². The van der Waals surface area contributed by atoms with Crippen LogP contribution in [0.2, 0.25) is 0 Å². The van der Waals surface area contributed by atoms with Crippen molar-refractivity contribution in [3.8, 4) is 5.75 Å². The summed E-state index contributed by atoms with van der Waals surface area (Å²) >= 11 is 0. The maximum absolute atomic E-state index is 12.3. The number of pyridine rings is 1. The van der Waals surface area contributed by atoms with Crippen LogP contribution in [0.3, 0.4) is 0 Å². The zero-order valence-electron chi connectivity index (χ0n) is 13.8. The third kappa shape index (κ3) is 4.95. The summed E-state index contributed by atoms with van der Waals surface area (Å²) in [5, 5.41) is 2.95. The number of carbonyl (C=O) groups is 1. The lowest BCUT2D eigenvalue weighted by Gasteiger charge is -2.14. The molecule has 4 heteroatoms. The molecule has 4 nitrogen and oxygen atoms in total. The molecule has 1 heterocycles. The monoisotopic (exact) mass is 310 g/mol. The molecular weight excluding hydrogens is 288 g/mol. The highest BCUT2D eigenvalue weighted by Crippen LogP contribution is 2.15. The van der Waals surface area contributed by atoms with Crippen molar-refractivity contribution in [2.45, 2.75) is 26.8 Å². The van der Waals surface area contributed by atoms with Gasteiger partial charge in [0, 0.05) is 11.8 Å². The fourth-order valence-corrected chi connectivity index (χ4v) is 2.00. The Morgan fingerprint density at radius 3 is 2.52 bits per heavy atom. The van der Waals surface area contributed by atoms with E-state index >= 15 is 0 Å². The lowest BCUT2D eigenvalue weighted by Crippen LogP contribution is -2.27. The van der Waals surface area contributed by atoms with Crippen molar-refractivity contribution in [3.05, 3.63) is 71.6 Å². The first-order chi connectivity index (χ1) is 11.0. The second-order valence-corrected chi connectivity index (χ2v) is 5.73. The summed E-state index contributed by atoms with van der Waals surface area (Å²) in [6.07, 6.45) is 1.80. The molecule has 0 aliphatic carbocycles. The van der Waals surface area contributed by atoms with E-state index in [1.165, 1.54) is 0 Å². The van der Waals surface area contributed by atoms with Gasteiger partial charge in [-0.2, -0.15) is 0 Å². The minimum absolute atomic E-state index is 0.133. The molecule has 2 aromatic rings. The summed E-state index contributed by atoms with van der Waals surface area (Å²) < 4.78 is 5.52. The second kappa shape index (κ2) is 7.58. The molecule has 0 bridgehead atoms. The van der Waals surface area contributed by atoms with Crippen molar-refractivity contribution >= 4 is 5.91 Å². The van der Waals surface area contributed by atoms with Crippen molar-refractivity contribution in [1.82, 2.24) is 10.3 Å². The largest absolute Gasteiger partial charge is 0.489 e. The van der Waals surface area contributed by atoms with Crippen LogP contribution >= 0.6 is 0 Å². The standard InChI is InChI=1S/C19H22N2O2/c1-13(2)12-23-17-8-6-16(7-9-17)19(22)21-15(4)18-10-5-14(3)11-20-18/h5-11,15H,1,12H2,2-4H3,(H,21,22). The Bertz CT molecular complexity index is 676. The summed E-state index contributed by atoms with van der Waals surface area (Å²) in [6, 6.07) is 10.8. The Balaban J connectivity index is 1.97. The van der Waals surface area contributed by atoms with Crippen LogP contribution in [0.15, 0.2) is 54.7 Å². The van der Waals surface area contributed by atoms with Gasteiger partial charge < -0.3 is 10.1 Å². The quantitative estimate of drug-likeness (QED) is 0.825. The van der Waals surface area contributed by atoms with E-state index in [0.717, 1.165) is 22.6 Å². The second-order valence-electron chi connectivity index (χ2n) is 5.73. The van der Waals surface area contributed by atoms with Crippen LogP contribution in [0.4, 0.5) is 0 Å². The molecule has 0 saturated heterocycles. The summed E-state index contributed by atoms with van der Waals surface area (Å²) in [5.74, 6) is 0.587. The molecule has 23 heavy (non-hydrogen) atoms. The molecule has 0 radical (unpaired) electrons. The highest BCUT2D eigenvalue weighted by molar-refractivity contribution is 5.94. The smallest absolute Gasteiger partial charge is 0.251 e. The summed E-state index contributed by atoms with van der Waals surface area (Å²) in [5.41, 5.74) is 3.47. The van der Waals surface area contributed by atoms with Crippen LogP contribution in [0.1, 0.15) is 41.5 Å². The maximum Gasteiger partial charge on any atom is 0.251 e. The van der Waals surface area contributed by atoms with E-state index in [2.05, 4.69) is 16.9 Å². The van der Waals surface area contributed by atoms with Crippen LogP contribution in [0.5, 0.6) is 5.75 Å². The van der Waals surface area contributed by atoms with Gasteiger partial charge in [0.15, 0.2) is 0 Å². The van der Waals surface area contributed by atoms with E-state index in [0.29, 0.717) is 12.2 Å². The molecule has 1 unspecified atom stereocenters. The number of nitrogens with one attached hydrogen (secondary N) is 1. The molecule has 0 aliphatic rings. The van der Waals surface area contributed by atoms with Gasteiger partial charge in [-0.05, 0) is 62.2 Å². The molecule has 1 aromatic carbocycles. The summed E-state index contributed by atoms with van der Waals surface area (Å²) in [4.78, 5) is 16.6. The maximum atomic E-state index is 12.3. The molecule has 120 valence electrons. The molecule has 0 fully saturated rings. The van der Waals surface area contributed by atoms with Gasteiger partial charge in [0.25, 0.3) is 5.91 Å². The van der Waals surface area contributed by atoms with E-state index in [4.69, 9.17) is 4.74 Å². The zero-order valence-corrected chi connectivity index (χ0v) is 13.8. The Kier molecular flexibility index (Phi) is 5.52. The number of aryl methyl sites for hydroxylation is 1. The number of aromatic nitrogens is 1. The van der Waals surface area contributed by atoms with Gasteiger partial charge in [-0.25, -0.2) is 0 Å². The van der Waals surface area contributed by atoms with E-state index < -0.39 is 0 Å². The van der Waals surface area contributed by atoms with Crippen molar-refractivity contribution in [2.24, 2.45) is 0 Å². The number of hydrogen-bond donors (Lipinski definition) is 1. The van der Waals surface area contributed by atoms with E-state index in [9.17, 15) is 4.79 Å². The van der Waals surface area contributed by atoms with Gasteiger partial charge in [-0.15, -0.1) is 0 Å². The van der Waals surface area contributed by atoms with Gasteiger partial charge in [-0.3, -0.25) is 9.78 Å². The van der Waals surface area contributed by atoms with Gasteiger partial charge in [0.1, 0.15) is 12.4 Å². The minimum Gasteiger partial charge on any atom is -0.489 e. The predicted molar refractivity (Wildman–Crippen MR) is 91.6 cm³/mol. The first-order valence-electron chi connectivity index (χ1n) is 7.56. The van der Waals surface area contributed by atoms with Gasteiger partial charge in [-0.1, -0.05) is 12.6 Å². The number of nitrogens with zero attached hydrogens (tertiary/aromatic N) is 1. The third-order valence-corrected chi connectivity index (χ3v) is 3.33. The normalized spacial score (nSPS) is 11.6. The molecule has 0 aliphatic heterocycles. The van der Waals surface area contributed by atoms with Crippen molar-refractivity contribution < 1.29 is 9.53 Å². The number of ether oxygens (including phenoxy) is 1. The lowest BCUT2D eigenvalue weighted by molar-refractivity contribution is 0.0939. The topological polar surface area (TPSA) is 51.2 Å².